The second-order valence-electron chi connectivity index (χ2n) is 2.67. The Labute approximate surface area is 93.4 Å². The van der Waals surface area contributed by atoms with Gasteiger partial charge in [0.2, 0.25) is 11.7 Å². The first-order chi connectivity index (χ1) is 7.91. The fourth-order valence-electron chi connectivity index (χ4n) is 0.858. The third kappa shape index (κ3) is 3.02. The Morgan fingerprint density at radius 1 is 1.41 bits per heavy atom. The molecule has 0 aliphatic rings. The van der Waals surface area contributed by atoms with E-state index in [2.05, 4.69) is 14.6 Å². The molecule has 0 fully saturated rings. The lowest BCUT2D eigenvalue weighted by molar-refractivity contribution is -0.402. The van der Waals surface area contributed by atoms with Gasteiger partial charge in [0.1, 0.15) is 4.92 Å². The zero-order valence-corrected chi connectivity index (χ0v) is 8.23. The van der Waals surface area contributed by atoms with Gasteiger partial charge in [-0.25, -0.2) is 4.79 Å². The van der Waals surface area contributed by atoms with Crippen LogP contribution in [0.3, 0.4) is 0 Å². The number of carboxylic acids is 1. The first-order valence-corrected chi connectivity index (χ1v) is 4.06. The van der Waals surface area contributed by atoms with Crippen molar-refractivity contribution in [2.24, 2.45) is 21.7 Å². The lowest BCUT2D eigenvalue weighted by Crippen LogP contribution is -2.22. The van der Waals surface area contributed by atoms with Crippen molar-refractivity contribution in [2.75, 3.05) is 0 Å². The zero-order chi connectivity index (χ0) is 13.0. The minimum atomic E-state index is -1.49. The van der Waals surface area contributed by atoms with Crippen LogP contribution in [0.1, 0.15) is 5.76 Å². The van der Waals surface area contributed by atoms with Gasteiger partial charge in [-0.15, -0.1) is 10.2 Å². The summed E-state index contributed by atoms with van der Waals surface area (Å²) in [4.78, 5) is 20.3. The molecule has 0 saturated heterocycles. The van der Waals surface area contributed by atoms with Crippen LogP contribution in [0.25, 0.3) is 0 Å². The van der Waals surface area contributed by atoms with Crippen LogP contribution in [-0.2, 0) is 4.79 Å². The van der Waals surface area contributed by atoms with E-state index < -0.39 is 28.4 Å². The fraction of sp³-hybridized carbons (Fsp3) is 0. The summed E-state index contributed by atoms with van der Waals surface area (Å²) in [6.45, 7) is 0. The molecule has 10 heteroatoms. The Hall–Kier alpha value is -2.91. The Balaban J connectivity index is 3.15. The lowest BCUT2D eigenvalue weighted by atomic mass is 10.3. The quantitative estimate of drug-likeness (QED) is 0.269. The van der Waals surface area contributed by atoms with Crippen molar-refractivity contribution >= 4 is 23.5 Å². The Morgan fingerprint density at radius 3 is 2.47 bits per heavy atom. The molecule has 0 unspecified atom stereocenters. The van der Waals surface area contributed by atoms with Crippen molar-refractivity contribution in [1.29, 1.82) is 0 Å². The van der Waals surface area contributed by atoms with Gasteiger partial charge >= 0.3 is 11.9 Å². The molecule has 90 valence electrons. The number of furan rings is 1. The van der Waals surface area contributed by atoms with Crippen LogP contribution in [0, 0.1) is 10.1 Å². The summed E-state index contributed by atoms with van der Waals surface area (Å²) in [7, 11) is 0. The number of hydrogen-bond donors (Lipinski definition) is 3. The third-order valence-electron chi connectivity index (χ3n) is 1.47. The van der Waals surface area contributed by atoms with E-state index in [1.54, 1.807) is 0 Å². The normalized spacial score (nSPS) is 10.9. The molecule has 10 nitrogen and oxygen atoms in total. The molecule has 0 atom stereocenters. The van der Waals surface area contributed by atoms with Gasteiger partial charge in [-0.05, 0) is 6.07 Å². The minimum absolute atomic E-state index is 0.325. The maximum atomic E-state index is 10.8. The highest BCUT2D eigenvalue weighted by molar-refractivity contribution is 6.41. The number of rotatable bonds is 4. The molecule has 0 aliphatic heterocycles. The van der Waals surface area contributed by atoms with Crippen LogP contribution < -0.4 is 11.5 Å². The number of carbonyl (C=O) groups is 1. The number of guanidine groups is 1. The molecule has 1 aromatic rings. The first-order valence-electron chi connectivity index (χ1n) is 4.06. The maximum absolute atomic E-state index is 10.8. The zero-order valence-electron chi connectivity index (χ0n) is 8.23. The molecule has 1 heterocycles. The molecule has 0 bridgehead atoms. The van der Waals surface area contributed by atoms with Crippen LogP contribution in [0.2, 0.25) is 0 Å². The van der Waals surface area contributed by atoms with E-state index >= 15 is 0 Å². The van der Waals surface area contributed by atoms with Crippen LogP contribution in [0.5, 0.6) is 0 Å². The van der Waals surface area contributed by atoms with Gasteiger partial charge in [0, 0.05) is 0 Å². The molecule has 1 aromatic heterocycles. The first kappa shape index (κ1) is 12.2. The number of nitrogens with two attached hydrogens (primary N) is 2. The molecular formula is C7H7N5O5. The third-order valence-corrected chi connectivity index (χ3v) is 1.47. The molecule has 0 radical (unpaired) electrons. The average Bonchev–Trinajstić information content (AvgIpc) is 2.66. The number of aliphatic carboxylic acids is 1. The SMILES string of the molecule is NC(N)=N/N=C(\C(=O)O)c1ccc([N+](=O)[O-])o1. The van der Waals surface area contributed by atoms with Gasteiger partial charge in [0.15, 0.2) is 5.76 Å². The van der Waals surface area contributed by atoms with Crippen LogP contribution in [0.15, 0.2) is 26.8 Å². The minimum Gasteiger partial charge on any atom is -0.476 e. The van der Waals surface area contributed by atoms with Crippen LogP contribution in [-0.4, -0.2) is 27.7 Å². The topological polar surface area (TPSA) is 170 Å². The van der Waals surface area contributed by atoms with Crippen molar-refractivity contribution in [3.05, 3.63) is 28.0 Å². The monoisotopic (exact) mass is 241 g/mol. The number of hydrogen-bond acceptors (Lipinski definition) is 6. The standard InChI is InChI=1S/C7H7N5O5/c8-7(9)11-10-5(6(13)14)3-1-2-4(17-3)12(15)16/h1-2H,(H,13,14)(H4,8,9,11)/b10-5-. The molecule has 0 saturated carbocycles. The van der Waals surface area contributed by atoms with Crippen molar-refractivity contribution in [1.82, 2.24) is 0 Å². The summed E-state index contributed by atoms with van der Waals surface area (Å²) in [5.41, 5.74) is 9.28. The fourth-order valence-corrected chi connectivity index (χ4v) is 0.858. The number of nitro groups is 1. The highest BCUT2D eigenvalue weighted by Gasteiger charge is 2.21. The predicted molar refractivity (Wildman–Crippen MR) is 55.3 cm³/mol. The van der Waals surface area contributed by atoms with Gasteiger partial charge in [-0.3, -0.25) is 10.1 Å². The highest BCUT2D eigenvalue weighted by Crippen LogP contribution is 2.16. The Kier molecular flexibility index (Phi) is 3.39. The molecule has 1 rings (SSSR count). The molecule has 17 heavy (non-hydrogen) atoms. The smallest absolute Gasteiger partial charge is 0.433 e. The van der Waals surface area contributed by atoms with Crippen molar-refractivity contribution in [3.8, 4) is 0 Å². The molecule has 0 spiro atoms. The van der Waals surface area contributed by atoms with Crippen LogP contribution in [0.4, 0.5) is 5.88 Å². The van der Waals surface area contributed by atoms with E-state index in [-0.39, 0.29) is 5.76 Å². The Morgan fingerprint density at radius 2 is 2.06 bits per heavy atom. The van der Waals surface area contributed by atoms with Crippen LogP contribution >= 0.6 is 0 Å². The van der Waals surface area contributed by atoms with E-state index in [0.717, 1.165) is 12.1 Å². The predicted octanol–water partition coefficient (Wildman–Crippen LogP) is -0.750. The number of carboxylic acid groups (broad SMARTS) is 1. The lowest BCUT2D eigenvalue weighted by Gasteiger charge is -1.93. The molecule has 0 aromatic carbocycles. The van der Waals surface area contributed by atoms with Gasteiger partial charge in [-0.2, -0.15) is 0 Å². The van der Waals surface area contributed by atoms with E-state index in [0.29, 0.717) is 0 Å². The summed E-state index contributed by atoms with van der Waals surface area (Å²) in [5, 5.41) is 25.4. The molecule has 0 aliphatic carbocycles. The Bertz CT molecular complexity index is 512. The largest absolute Gasteiger partial charge is 0.476 e. The van der Waals surface area contributed by atoms with E-state index in [4.69, 9.17) is 16.6 Å². The summed E-state index contributed by atoms with van der Waals surface area (Å²) in [6.07, 6.45) is 0. The second-order valence-corrected chi connectivity index (χ2v) is 2.67. The molecule has 5 N–H and O–H groups in total. The van der Waals surface area contributed by atoms with E-state index in [1.165, 1.54) is 0 Å². The van der Waals surface area contributed by atoms with Gasteiger partial charge in [0.05, 0.1) is 6.07 Å². The molecule has 0 amide bonds. The van der Waals surface area contributed by atoms with Gasteiger partial charge < -0.3 is 21.0 Å². The highest BCUT2D eigenvalue weighted by atomic mass is 16.6. The summed E-state index contributed by atoms with van der Waals surface area (Å²) < 4.78 is 4.64. The average molecular weight is 241 g/mol. The maximum Gasteiger partial charge on any atom is 0.433 e. The number of nitrogens with zero attached hydrogens (tertiary/aromatic N) is 3. The van der Waals surface area contributed by atoms with Gasteiger partial charge in [0.25, 0.3) is 0 Å². The summed E-state index contributed by atoms with van der Waals surface area (Å²) in [6, 6.07) is 2.07. The van der Waals surface area contributed by atoms with Crippen molar-refractivity contribution in [3.63, 3.8) is 0 Å². The van der Waals surface area contributed by atoms with E-state index in [9.17, 15) is 14.9 Å². The summed E-state index contributed by atoms with van der Waals surface area (Å²) in [5.74, 6) is -2.88. The van der Waals surface area contributed by atoms with E-state index in [1.807, 2.05) is 0 Å². The van der Waals surface area contributed by atoms with Gasteiger partial charge in [-0.1, -0.05) is 0 Å². The van der Waals surface area contributed by atoms with Crippen molar-refractivity contribution in [2.45, 2.75) is 0 Å². The second kappa shape index (κ2) is 4.74. The summed E-state index contributed by atoms with van der Waals surface area (Å²) >= 11 is 0. The molecular weight excluding hydrogens is 234 g/mol. The van der Waals surface area contributed by atoms with Crippen molar-refractivity contribution < 1.29 is 19.2 Å².